The molecule has 0 radical (unpaired) electrons. The predicted molar refractivity (Wildman–Crippen MR) is 68.2 cm³/mol. The Bertz CT molecular complexity index is 286. The fourth-order valence-corrected chi connectivity index (χ4v) is 2.55. The van der Waals surface area contributed by atoms with Gasteiger partial charge in [0, 0.05) is 11.9 Å². The number of aliphatic hydroxyl groups is 1. The average molecular weight is 242 g/mol. The Hall–Kier alpha value is -0.540. The minimum atomic E-state index is -0.177. The number of hydrogen-bond donors (Lipinski definition) is 1. The van der Waals surface area contributed by atoms with Gasteiger partial charge in [0.1, 0.15) is 5.82 Å². The van der Waals surface area contributed by atoms with Crippen molar-refractivity contribution >= 4 is 11.8 Å². The Balaban J connectivity index is 2.24. The van der Waals surface area contributed by atoms with Gasteiger partial charge in [-0.25, -0.2) is 4.39 Å². The standard InChI is InChI=1S/C13H19FOS/c1-11(16-10-4-2-3-9-15)12-5-7-13(14)8-6-12/h5-8,11,15H,2-4,9-10H2,1H3. The van der Waals surface area contributed by atoms with Crippen LogP contribution in [0.3, 0.4) is 0 Å². The molecule has 0 heterocycles. The number of unbranched alkanes of at least 4 members (excludes halogenated alkanes) is 2. The zero-order valence-corrected chi connectivity index (χ0v) is 10.5. The van der Waals surface area contributed by atoms with E-state index in [1.54, 1.807) is 0 Å². The number of hydrogen-bond acceptors (Lipinski definition) is 2. The second-order valence-electron chi connectivity index (χ2n) is 3.85. The van der Waals surface area contributed by atoms with E-state index in [0.717, 1.165) is 25.0 Å². The normalized spacial score (nSPS) is 12.7. The summed E-state index contributed by atoms with van der Waals surface area (Å²) >= 11 is 1.88. The monoisotopic (exact) mass is 242 g/mol. The first-order chi connectivity index (χ1) is 7.74. The van der Waals surface area contributed by atoms with Crippen molar-refractivity contribution in [1.29, 1.82) is 0 Å². The quantitative estimate of drug-likeness (QED) is 0.734. The Morgan fingerprint density at radius 2 is 1.88 bits per heavy atom. The summed E-state index contributed by atoms with van der Waals surface area (Å²) in [5.74, 6) is 0.919. The van der Waals surface area contributed by atoms with Gasteiger partial charge in [-0.3, -0.25) is 0 Å². The van der Waals surface area contributed by atoms with E-state index in [9.17, 15) is 4.39 Å². The molecule has 1 aromatic carbocycles. The van der Waals surface area contributed by atoms with Crippen LogP contribution in [0.15, 0.2) is 24.3 Å². The zero-order valence-electron chi connectivity index (χ0n) is 9.66. The van der Waals surface area contributed by atoms with E-state index < -0.39 is 0 Å². The third kappa shape index (κ3) is 4.99. The fraction of sp³-hybridized carbons (Fsp3) is 0.538. The summed E-state index contributed by atoms with van der Waals surface area (Å²) in [6.07, 6.45) is 3.11. The molecular formula is C13H19FOS. The molecule has 0 aliphatic rings. The van der Waals surface area contributed by atoms with Crippen molar-refractivity contribution in [3.63, 3.8) is 0 Å². The molecule has 0 saturated carbocycles. The largest absolute Gasteiger partial charge is 0.396 e. The highest BCUT2D eigenvalue weighted by Crippen LogP contribution is 2.28. The van der Waals surface area contributed by atoms with Crippen molar-refractivity contribution in [2.24, 2.45) is 0 Å². The number of benzene rings is 1. The number of aliphatic hydroxyl groups excluding tert-OH is 1. The maximum atomic E-state index is 12.7. The van der Waals surface area contributed by atoms with Crippen LogP contribution in [0.2, 0.25) is 0 Å². The molecule has 1 nitrogen and oxygen atoms in total. The third-order valence-corrected chi connectivity index (χ3v) is 3.81. The first-order valence-electron chi connectivity index (χ1n) is 5.72. The minimum absolute atomic E-state index is 0.177. The van der Waals surface area contributed by atoms with E-state index in [4.69, 9.17) is 5.11 Å². The molecule has 0 aromatic heterocycles. The van der Waals surface area contributed by atoms with Gasteiger partial charge in [0.05, 0.1) is 0 Å². The molecule has 3 heteroatoms. The van der Waals surface area contributed by atoms with Crippen LogP contribution in [0.4, 0.5) is 4.39 Å². The fourth-order valence-electron chi connectivity index (χ4n) is 1.48. The van der Waals surface area contributed by atoms with Gasteiger partial charge in [0.25, 0.3) is 0 Å². The van der Waals surface area contributed by atoms with E-state index in [1.807, 2.05) is 23.9 Å². The molecule has 0 aliphatic carbocycles. The Kier molecular flexibility index (Phi) is 6.50. The Morgan fingerprint density at radius 1 is 1.19 bits per heavy atom. The lowest BCUT2D eigenvalue weighted by molar-refractivity contribution is 0.284. The molecule has 0 spiro atoms. The molecular weight excluding hydrogens is 223 g/mol. The number of rotatable bonds is 7. The Morgan fingerprint density at radius 3 is 2.50 bits per heavy atom. The van der Waals surface area contributed by atoms with Crippen LogP contribution < -0.4 is 0 Å². The lowest BCUT2D eigenvalue weighted by Gasteiger charge is -2.11. The van der Waals surface area contributed by atoms with Crippen LogP contribution in [-0.4, -0.2) is 17.5 Å². The van der Waals surface area contributed by atoms with Crippen molar-refractivity contribution in [1.82, 2.24) is 0 Å². The highest BCUT2D eigenvalue weighted by molar-refractivity contribution is 7.99. The van der Waals surface area contributed by atoms with Crippen LogP contribution in [-0.2, 0) is 0 Å². The van der Waals surface area contributed by atoms with Gasteiger partial charge < -0.3 is 5.11 Å². The summed E-state index contributed by atoms with van der Waals surface area (Å²) in [6.45, 7) is 2.43. The molecule has 0 fully saturated rings. The molecule has 0 aliphatic heterocycles. The maximum Gasteiger partial charge on any atom is 0.123 e. The topological polar surface area (TPSA) is 20.2 Å². The Labute approximate surface area is 101 Å². The van der Waals surface area contributed by atoms with Crippen LogP contribution in [0.25, 0.3) is 0 Å². The first-order valence-corrected chi connectivity index (χ1v) is 6.77. The highest BCUT2D eigenvalue weighted by Gasteiger charge is 2.05. The summed E-state index contributed by atoms with van der Waals surface area (Å²) in [5.41, 5.74) is 1.17. The van der Waals surface area contributed by atoms with Gasteiger partial charge in [0.2, 0.25) is 0 Å². The van der Waals surface area contributed by atoms with E-state index >= 15 is 0 Å². The van der Waals surface area contributed by atoms with Crippen molar-refractivity contribution in [3.05, 3.63) is 35.6 Å². The van der Waals surface area contributed by atoms with Crippen molar-refractivity contribution in [2.45, 2.75) is 31.4 Å². The van der Waals surface area contributed by atoms with Crippen LogP contribution in [0, 0.1) is 5.82 Å². The van der Waals surface area contributed by atoms with Crippen LogP contribution in [0.5, 0.6) is 0 Å². The van der Waals surface area contributed by atoms with Crippen molar-refractivity contribution in [3.8, 4) is 0 Å². The van der Waals surface area contributed by atoms with Crippen LogP contribution >= 0.6 is 11.8 Å². The summed E-state index contributed by atoms with van der Waals surface area (Å²) in [7, 11) is 0. The van der Waals surface area contributed by atoms with Crippen LogP contribution in [0.1, 0.15) is 37.0 Å². The molecule has 0 amide bonds. The lowest BCUT2D eigenvalue weighted by atomic mass is 10.2. The van der Waals surface area contributed by atoms with Gasteiger partial charge in [-0.15, -0.1) is 0 Å². The second-order valence-corrected chi connectivity index (χ2v) is 5.30. The summed E-state index contributed by atoms with van der Waals surface area (Å²) in [4.78, 5) is 0. The van der Waals surface area contributed by atoms with Gasteiger partial charge in [-0.1, -0.05) is 18.6 Å². The molecule has 90 valence electrons. The lowest BCUT2D eigenvalue weighted by Crippen LogP contribution is -1.91. The zero-order chi connectivity index (χ0) is 11.8. The molecule has 1 rings (SSSR count). The number of thioether (sulfide) groups is 1. The molecule has 1 N–H and O–H groups in total. The molecule has 1 unspecified atom stereocenters. The molecule has 1 aromatic rings. The smallest absolute Gasteiger partial charge is 0.123 e. The second kappa shape index (κ2) is 7.69. The molecule has 1 atom stereocenters. The maximum absolute atomic E-state index is 12.7. The predicted octanol–water partition coefficient (Wildman–Crippen LogP) is 3.78. The van der Waals surface area contributed by atoms with E-state index in [2.05, 4.69) is 6.92 Å². The number of halogens is 1. The van der Waals surface area contributed by atoms with Gasteiger partial charge in [0.15, 0.2) is 0 Å². The van der Waals surface area contributed by atoms with Crippen molar-refractivity contribution < 1.29 is 9.50 Å². The summed E-state index contributed by atoms with van der Waals surface area (Å²) in [6, 6.07) is 6.72. The van der Waals surface area contributed by atoms with Gasteiger partial charge >= 0.3 is 0 Å². The van der Waals surface area contributed by atoms with E-state index in [1.165, 1.54) is 17.7 Å². The van der Waals surface area contributed by atoms with Crippen molar-refractivity contribution in [2.75, 3.05) is 12.4 Å². The summed E-state index contributed by atoms with van der Waals surface area (Å²) < 4.78 is 12.7. The SMILES string of the molecule is CC(SCCCCCO)c1ccc(F)cc1. The third-order valence-electron chi connectivity index (χ3n) is 2.51. The molecule has 0 saturated heterocycles. The van der Waals surface area contributed by atoms with Gasteiger partial charge in [-0.05, 0) is 43.2 Å². The average Bonchev–Trinajstić information content (AvgIpc) is 2.29. The molecule has 0 bridgehead atoms. The van der Waals surface area contributed by atoms with Gasteiger partial charge in [-0.2, -0.15) is 11.8 Å². The summed E-state index contributed by atoms with van der Waals surface area (Å²) in [5, 5.41) is 9.05. The molecule has 16 heavy (non-hydrogen) atoms. The minimum Gasteiger partial charge on any atom is -0.396 e. The first kappa shape index (κ1) is 13.5. The van der Waals surface area contributed by atoms with E-state index in [-0.39, 0.29) is 12.4 Å². The highest BCUT2D eigenvalue weighted by atomic mass is 32.2. The van der Waals surface area contributed by atoms with E-state index in [0.29, 0.717) is 5.25 Å².